The average molecular weight is 185 g/mol. The van der Waals surface area contributed by atoms with E-state index >= 15 is 0 Å². The average Bonchev–Trinajstić information content (AvgIpc) is 2.15. The summed E-state index contributed by atoms with van der Waals surface area (Å²) >= 11 is 0. The maximum atomic E-state index is 10.6. The minimum absolute atomic E-state index is 0.160. The summed E-state index contributed by atoms with van der Waals surface area (Å²) in [7, 11) is 0. The molecule has 2 N–H and O–H groups in total. The van der Waals surface area contributed by atoms with Crippen molar-refractivity contribution in [2.45, 2.75) is 25.7 Å². The maximum Gasteiger partial charge on any atom is 0.306 e. The van der Waals surface area contributed by atoms with Gasteiger partial charge in [-0.25, -0.2) is 0 Å². The second-order valence-corrected chi connectivity index (χ2v) is 3.58. The Morgan fingerprint density at radius 1 is 1.38 bits per heavy atom. The van der Waals surface area contributed by atoms with E-state index in [4.69, 9.17) is 5.11 Å². The van der Waals surface area contributed by atoms with E-state index < -0.39 is 5.97 Å². The topological polar surface area (TPSA) is 66.4 Å². The van der Waals surface area contributed by atoms with Crippen LogP contribution < -0.4 is 5.32 Å². The van der Waals surface area contributed by atoms with Crippen LogP contribution in [0.4, 0.5) is 0 Å². The van der Waals surface area contributed by atoms with Crippen molar-refractivity contribution in [1.82, 2.24) is 5.32 Å². The van der Waals surface area contributed by atoms with Gasteiger partial charge in [-0.2, -0.15) is 0 Å². The molecule has 0 radical (unpaired) electrons. The van der Waals surface area contributed by atoms with Gasteiger partial charge in [0, 0.05) is 6.54 Å². The monoisotopic (exact) mass is 185 g/mol. The first kappa shape index (κ1) is 10.0. The minimum Gasteiger partial charge on any atom is -0.481 e. The van der Waals surface area contributed by atoms with Crippen LogP contribution in [0, 0.1) is 11.8 Å². The summed E-state index contributed by atoms with van der Waals surface area (Å²) < 4.78 is 0. The molecule has 0 saturated heterocycles. The first-order valence-electron chi connectivity index (χ1n) is 4.64. The molecule has 1 aliphatic carbocycles. The minimum atomic E-state index is -0.679. The van der Waals surface area contributed by atoms with Crippen LogP contribution in [-0.2, 0) is 9.59 Å². The van der Waals surface area contributed by atoms with Gasteiger partial charge in [0.2, 0.25) is 6.41 Å². The SMILES string of the molecule is O=CNCC1CCC(C(=O)O)CC1. The Bertz CT molecular complexity index is 185. The Labute approximate surface area is 77.3 Å². The zero-order valence-corrected chi connectivity index (χ0v) is 7.53. The van der Waals surface area contributed by atoms with Gasteiger partial charge in [0.1, 0.15) is 0 Å². The molecule has 0 aromatic heterocycles. The van der Waals surface area contributed by atoms with Crippen LogP contribution in [0.3, 0.4) is 0 Å². The van der Waals surface area contributed by atoms with Crippen molar-refractivity contribution in [3.05, 3.63) is 0 Å². The molecular formula is C9H15NO3. The lowest BCUT2D eigenvalue weighted by Crippen LogP contribution is -2.28. The van der Waals surface area contributed by atoms with E-state index in [1.54, 1.807) is 0 Å². The Hall–Kier alpha value is -1.06. The largest absolute Gasteiger partial charge is 0.481 e. The van der Waals surface area contributed by atoms with Crippen LogP contribution in [0.1, 0.15) is 25.7 Å². The number of hydrogen-bond donors (Lipinski definition) is 2. The van der Waals surface area contributed by atoms with Gasteiger partial charge in [0.05, 0.1) is 5.92 Å². The van der Waals surface area contributed by atoms with Crippen molar-refractivity contribution in [3.63, 3.8) is 0 Å². The number of carboxylic acid groups (broad SMARTS) is 1. The zero-order chi connectivity index (χ0) is 9.68. The predicted molar refractivity (Wildman–Crippen MR) is 47.2 cm³/mol. The van der Waals surface area contributed by atoms with Gasteiger partial charge in [0.15, 0.2) is 0 Å². The van der Waals surface area contributed by atoms with Crippen molar-refractivity contribution in [3.8, 4) is 0 Å². The number of rotatable bonds is 4. The molecule has 0 aromatic rings. The summed E-state index contributed by atoms with van der Waals surface area (Å²) in [5.41, 5.74) is 0. The van der Waals surface area contributed by atoms with Gasteiger partial charge < -0.3 is 10.4 Å². The van der Waals surface area contributed by atoms with Crippen molar-refractivity contribution in [1.29, 1.82) is 0 Å². The van der Waals surface area contributed by atoms with Gasteiger partial charge in [-0.15, -0.1) is 0 Å². The predicted octanol–water partition coefficient (Wildman–Crippen LogP) is 0.623. The van der Waals surface area contributed by atoms with Crippen LogP contribution in [0.2, 0.25) is 0 Å². The van der Waals surface area contributed by atoms with E-state index in [1.807, 2.05) is 0 Å². The summed E-state index contributed by atoms with van der Waals surface area (Å²) in [4.78, 5) is 20.6. The molecule has 74 valence electrons. The highest BCUT2D eigenvalue weighted by Crippen LogP contribution is 2.28. The molecule has 0 spiro atoms. The van der Waals surface area contributed by atoms with Gasteiger partial charge in [-0.3, -0.25) is 9.59 Å². The third-order valence-electron chi connectivity index (χ3n) is 2.69. The molecule has 0 unspecified atom stereocenters. The third kappa shape index (κ3) is 3.05. The highest BCUT2D eigenvalue weighted by atomic mass is 16.4. The van der Waals surface area contributed by atoms with Crippen LogP contribution in [0.15, 0.2) is 0 Å². The molecule has 1 fully saturated rings. The lowest BCUT2D eigenvalue weighted by Gasteiger charge is -2.25. The summed E-state index contributed by atoms with van der Waals surface area (Å²) in [6.45, 7) is 0.690. The van der Waals surface area contributed by atoms with Crippen molar-refractivity contribution in [2.24, 2.45) is 11.8 Å². The molecule has 0 heterocycles. The lowest BCUT2D eigenvalue weighted by atomic mass is 9.82. The van der Waals surface area contributed by atoms with Crippen LogP contribution in [0.25, 0.3) is 0 Å². The van der Waals surface area contributed by atoms with Crippen LogP contribution in [0.5, 0.6) is 0 Å². The van der Waals surface area contributed by atoms with Gasteiger partial charge in [-0.05, 0) is 31.6 Å². The van der Waals surface area contributed by atoms with Crippen LogP contribution in [-0.4, -0.2) is 24.0 Å². The van der Waals surface area contributed by atoms with Gasteiger partial charge in [-0.1, -0.05) is 0 Å². The molecular weight excluding hydrogens is 170 g/mol. The fraction of sp³-hybridized carbons (Fsp3) is 0.778. The second-order valence-electron chi connectivity index (χ2n) is 3.58. The third-order valence-corrected chi connectivity index (χ3v) is 2.69. The highest BCUT2D eigenvalue weighted by molar-refractivity contribution is 5.69. The number of hydrogen-bond acceptors (Lipinski definition) is 2. The van der Waals surface area contributed by atoms with Gasteiger partial charge in [0.25, 0.3) is 0 Å². The highest BCUT2D eigenvalue weighted by Gasteiger charge is 2.25. The van der Waals surface area contributed by atoms with Crippen molar-refractivity contribution in [2.75, 3.05) is 6.54 Å². The first-order chi connectivity index (χ1) is 6.24. The van der Waals surface area contributed by atoms with Gasteiger partial charge >= 0.3 is 5.97 Å². The van der Waals surface area contributed by atoms with E-state index in [-0.39, 0.29) is 5.92 Å². The molecule has 4 heteroatoms. The lowest BCUT2D eigenvalue weighted by molar-refractivity contribution is -0.143. The molecule has 13 heavy (non-hydrogen) atoms. The smallest absolute Gasteiger partial charge is 0.306 e. The number of amides is 1. The second kappa shape index (κ2) is 4.84. The van der Waals surface area contributed by atoms with Crippen molar-refractivity contribution < 1.29 is 14.7 Å². The number of aliphatic carboxylic acids is 1. The van der Waals surface area contributed by atoms with E-state index in [2.05, 4.69) is 5.32 Å². The molecule has 1 saturated carbocycles. The Balaban J connectivity index is 2.22. The molecule has 1 rings (SSSR count). The Kier molecular flexibility index (Phi) is 3.73. The fourth-order valence-corrected chi connectivity index (χ4v) is 1.83. The fourth-order valence-electron chi connectivity index (χ4n) is 1.83. The first-order valence-corrected chi connectivity index (χ1v) is 4.64. The maximum absolute atomic E-state index is 10.6. The number of carboxylic acids is 1. The molecule has 0 bridgehead atoms. The number of carbonyl (C=O) groups excluding carboxylic acids is 1. The molecule has 0 atom stereocenters. The Morgan fingerprint density at radius 3 is 2.46 bits per heavy atom. The van der Waals surface area contributed by atoms with E-state index in [1.165, 1.54) is 0 Å². The molecule has 4 nitrogen and oxygen atoms in total. The van der Waals surface area contributed by atoms with Crippen molar-refractivity contribution >= 4 is 12.4 Å². The summed E-state index contributed by atoms with van der Waals surface area (Å²) in [5.74, 6) is -0.366. The number of nitrogens with one attached hydrogen (secondary N) is 1. The summed E-state index contributed by atoms with van der Waals surface area (Å²) in [5, 5.41) is 11.4. The normalized spacial score (nSPS) is 28.0. The zero-order valence-electron chi connectivity index (χ0n) is 7.53. The van der Waals surface area contributed by atoms with E-state index in [9.17, 15) is 9.59 Å². The molecule has 1 amide bonds. The van der Waals surface area contributed by atoms with E-state index in [0.29, 0.717) is 18.9 Å². The molecule has 0 aromatic carbocycles. The molecule has 0 aliphatic heterocycles. The Morgan fingerprint density at radius 2 is 2.00 bits per heavy atom. The summed E-state index contributed by atoms with van der Waals surface area (Å²) in [6.07, 6.45) is 4.03. The standard InChI is InChI=1S/C9H15NO3/c11-6-10-5-7-1-3-8(4-2-7)9(12)13/h6-8H,1-5H2,(H,10,11)(H,12,13). The quantitative estimate of drug-likeness (QED) is 0.631. The van der Waals surface area contributed by atoms with Crippen LogP contribution >= 0.6 is 0 Å². The summed E-state index contributed by atoms with van der Waals surface area (Å²) in [6, 6.07) is 0. The number of carbonyl (C=O) groups is 2. The van der Waals surface area contributed by atoms with E-state index in [0.717, 1.165) is 25.7 Å². The molecule has 1 aliphatic rings.